The number of hydrogen-bond donors (Lipinski definition) is 2. The Morgan fingerprint density at radius 2 is 1.88 bits per heavy atom. The van der Waals surface area contributed by atoms with Gasteiger partial charge in [-0.15, -0.1) is 0 Å². The second kappa shape index (κ2) is 8.24. The highest BCUT2D eigenvalue weighted by Crippen LogP contribution is 2.15. The SMILES string of the molecule is O=C(CCC1NC(=O)N(Cc2ccccc2)C1=O)NCc1ccccn1. The van der Waals surface area contributed by atoms with Crippen molar-refractivity contribution in [1.29, 1.82) is 0 Å². The Labute approximate surface area is 151 Å². The maximum absolute atomic E-state index is 12.4. The molecular weight excluding hydrogens is 332 g/mol. The van der Waals surface area contributed by atoms with Crippen LogP contribution in [0.3, 0.4) is 0 Å². The Morgan fingerprint density at radius 1 is 1.12 bits per heavy atom. The normalized spacial score (nSPS) is 16.5. The molecule has 4 amide bonds. The smallest absolute Gasteiger partial charge is 0.325 e. The first kappa shape index (κ1) is 17.6. The van der Waals surface area contributed by atoms with Crippen molar-refractivity contribution in [2.24, 2.45) is 0 Å². The molecule has 0 bridgehead atoms. The van der Waals surface area contributed by atoms with Crippen LogP contribution >= 0.6 is 0 Å². The second-order valence-electron chi connectivity index (χ2n) is 6.05. The number of amides is 4. The highest BCUT2D eigenvalue weighted by molar-refractivity contribution is 6.04. The summed E-state index contributed by atoms with van der Waals surface area (Å²) >= 11 is 0. The Bertz CT molecular complexity index is 780. The van der Waals surface area contributed by atoms with Crippen LogP contribution in [0.25, 0.3) is 0 Å². The number of rotatable bonds is 7. The topological polar surface area (TPSA) is 91.4 Å². The second-order valence-corrected chi connectivity index (χ2v) is 6.05. The van der Waals surface area contributed by atoms with Crippen LogP contribution in [0.1, 0.15) is 24.1 Å². The van der Waals surface area contributed by atoms with Crippen molar-refractivity contribution in [3.63, 3.8) is 0 Å². The minimum Gasteiger partial charge on any atom is -0.350 e. The van der Waals surface area contributed by atoms with Gasteiger partial charge in [0, 0.05) is 12.6 Å². The van der Waals surface area contributed by atoms with Gasteiger partial charge in [-0.05, 0) is 24.1 Å². The number of aromatic nitrogens is 1. The quantitative estimate of drug-likeness (QED) is 0.741. The van der Waals surface area contributed by atoms with Gasteiger partial charge in [0.25, 0.3) is 5.91 Å². The number of hydrogen-bond acceptors (Lipinski definition) is 4. The van der Waals surface area contributed by atoms with Crippen molar-refractivity contribution in [3.8, 4) is 0 Å². The van der Waals surface area contributed by atoms with Crippen LogP contribution in [-0.2, 0) is 22.7 Å². The Kier molecular flexibility index (Phi) is 5.58. The zero-order valence-electron chi connectivity index (χ0n) is 14.2. The van der Waals surface area contributed by atoms with Crippen molar-refractivity contribution < 1.29 is 14.4 Å². The molecule has 0 saturated carbocycles. The fourth-order valence-electron chi connectivity index (χ4n) is 2.74. The molecule has 2 N–H and O–H groups in total. The summed E-state index contributed by atoms with van der Waals surface area (Å²) in [6.07, 6.45) is 2.09. The molecule has 134 valence electrons. The number of carbonyl (C=O) groups excluding carboxylic acids is 3. The van der Waals surface area contributed by atoms with Crippen LogP contribution < -0.4 is 10.6 Å². The first-order valence-electron chi connectivity index (χ1n) is 8.46. The lowest BCUT2D eigenvalue weighted by atomic mass is 10.1. The zero-order chi connectivity index (χ0) is 18.4. The molecule has 2 aromatic rings. The van der Waals surface area contributed by atoms with E-state index in [4.69, 9.17) is 0 Å². The molecule has 7 nitrogen and oxygen atoms in total. The monoisotopic (exact) mass is 352 g/mol. The fourth-order valence-corrected chi connectivity index (χ4v) is 2.74. The van der Waals surface area contributed by atoms with Gasteiger partial charge in [-0.1, -0.05) is 36.4 Å². The molecule has 1 atom stereocenters. The minimum atomic E-state index is -0.660. The highest BCUT2D eigenvalue weighted by Gasteiger charge is 2.37. The molecule has 7 heteroatoms. The van der Waals surface area contributed by atoms with Crippen molar-refractivity contribution in [1.82, 2.24) is 20.5 Å². The van der Waals surface area contributed by atoms with Crippen molar-refractivity contribution in [2.45, 2.75) is 32.0 Å². The number of urea groups is 1. The van der Waals surface area contributed by atoms with Crippen LogP contribution in [0.15, 0.2) is 54.7 Å². The lowest BCUT2D eigenvalue weighted by Crippen LogP contribution is -2.32. The molecule has 3 rings (SSSR count). The average Bonchev–Trinajstić information content (AvgIpc) is 2.94. The maximum Gasteiger partial charge on any atom is 0.325 e. The van der Waals surface area contributed by atoms with Gasteiger partial charge in [0.15, 0.2) is 0 Å². The van der Waals surface area contributed by atoms with Gasteiger partial charge in [-0.25, -0.2) is 4.79 Å². The van der Waals surface area contributed by atoms with E-state index in [1.165, 1.54) is 4.90 Å². The minimum absolute atomic E-state index is 0.155. The molecule has 26 heavy (non-hydrogen) atoms. The Balaban J connectivity index is 1.47. The molecule has 1 aromatic carbocycles. The van der Waals surface area contributed by atoms with Crippen molar-refractivity contribution in [2.75, 3.05) is 0 Å². The number of nitrogens with one attached hydrogen (secondary N) is 2. The standard InChI is InChI=1S/C19H20N4O3/c24-17(21-12-15-8-4-5-11-20-15)10-9-16-18(25)23(19(26)22-16)13-14-6-2-1-3-7-14/h1-8,11,16H,9-10,12-13H2,(H,21,24)(H,22,26). The van der Waals surface area contributed by atoms with Gasteiger partial charge in [-0.3, -0.25) is 19.5 Å². The first-order valence-corrected chi connectivity index (χ1v) is 8.46. The Morgan fingerprint density at radius 3 is 2.62 bits per heavy atom. The van der Waals surface area contributed by atoms with Crippen LogP contribution in [0, 0.1) is 0 Å². The number of pyridine rings is 1. The largest absolute Gasteiger partial charge is 0.350 e. The average molecular weight is 352 g/mol. The number of imide groups is 1. The summed E-state index contributed by atoms with van der Waals surface area (Å²) < 4.78 is 0. The van der Waals surface area contributed by atoms with E-state index in [9.17, 15) is 14.4 Å². The molecule has 1 saturated heterocycles. The molecule has 0 radical (unpaired) electrons. The van der Waals surface area contributed by atoms with E-state index in [-0.39, 0.29) is 31.2 Å². The third-order valence-electron chi connectivity index (χ3n) is 4.14. The van der Waals surface area contributed by atoms with Gasteiger partial charge in [0.1, 0.15) is 6.04 Å². The van der Waals surface area contributed by atoms with E-state index >= 15 is 0 Å². The first-order chi connectivity index (χ1) is 12.6. The van der Waals surface area contributed by atoms with Crippen molar-refractivity contribution in [3.05, 3.63) is 66.0 Å². The summed E-state index contributed by atoms with van der Waals surface area (Å²) in [6.45, 7) is 0.568. The molecule has 1 aliphatic rings. The summed E-state index contributed by atoms with van der Waals surface area (Å²) in [5, 5.41) is 5.41. The molecule has 1 unspecified atom stereocenters. The summed E-state index contributed by atoms with van der Waals surface area (Å²) in [5.41, 5.74) is 1.64. The molecule has 0 spiro atoms. The maximum atomic E-state index is 12.4. The van der Waals surface area contributed by atoms with Crippen LogP contribution in [0.4, 0.5) is 4.79 Å². The number of carbonyl (C=O) groups is 3. The molecule has 1 aromatic heterocycles. The van der Waals surface area contributed by atoms with Gasteiger partial charge in [0.2, 0.25) is 5.91 Å². The van der Waals surface area contributed by atoms with Gasteiger partial charge < -0.3 is 10.6 Å². The highest BCUT2D eigenvalue weighted by atomic mass is 16.2. The molecule has 1 fully saturated rings. The summed E-state index contributed by atoms with van der Waals surface area (Å²) in [6, 6.07) is 13.7. The molecular formula is C19H20N4O3. The van der Waals surface area contributed by atoms with Gasteiger partial charge >= 0.3 is 6.03 Å². The fraction of sp³-hybridized carbons (Fsp3) is 0.263. The van der Waals surface area contributed by atoms with E-state index in [0.29, 0.717) is 6.54 Å². The van der Waals surface area contributed by atoms with E-state index in [1.807, 2.05) is 42.5 Å². The number of benzene rings is 1. The molecule has 1 aliphatic heterocycles. The van der Waals surface area contributed by atoms with Crippen molar-refractivity contribution >= 4 is 17.8 Å². The Hall–Kier alpha value is -3.22. The zero-order valence-corrected chi connectivity index (χ0v) is 14.2. The van der Waals surface area contributed by atoms with E-state index in [0.717, 1.165) is 11.3 Å². The molecule has 2 heterocycles. The van der Waals surface area contributed by atoms with E-state index in [1.54, 1.807) is 12.3 Å². The van der Waals surface area contributed by atoms with Crippen LogP contribution in [0.2, 0.25) is 0 Å². The number of nitrogens with zero attached hydrogens (tertiary/aromatic N) is 2. The summed E-state index contributed by atoms with van der Waals surface area (Å²) in [4.78, 5) is 41.7. The third kappa shape index (κ3) is 4.44. The summed E-state index contributed by atoms with van der Waals surface area (Å²) in [7, 11) is 0. The third-order valence-corrected chi connectivity index (χ3v) is 4.14. The predicted octanol–water partition coefficient (Wildman–Crippen LogP) is 1.60. The van der Waals surface area contributed by atoms with Crippen LogP contribution in [-0.4, -0.2) is 33.8 Å². The lowest BCUT2D eigenvalue weighted by molar-refractivity contribution is -0.128. The van der Waals surface area contributed by atoms with Crippen LogP contribution in [0.5, 0.6) is 0 Å². The molecule has 0 aliphatic carbocycles. The van der Waals surface area contributed by atoms with Gasteiger partial charge in [-0.2, -0.15) is 0 Å². The van der Waals surface area contributed by atoms with Gasteiger partial charge in [0.05, 0.1) is 18.8 Å². The summed E-state index contributed by atoms with van der Waals surface area (Å²) in [5.74, 6) is -0.476. The van der Waals surface area contributed by atoms with E-state index < -0.39 is 12.1 Å². The van der Waals surface area contributed by atoms with E-state index in [2.05, 4.69) is 15.6 Å². The lowest BCUT2D eigenvalue weighted by Gasteiger charge is -2.13. The predicted molar refractivity (Wildman–Crippen MR) is 94.6 cm³/mol.